The standard InChI is InChI=1S/C24H24BrNO4/c1-26-19-11-7-6-10-17(19)18-12-13-22(21(27)29-2)14-23(28,15-25)30-24(22,20(18)26)16-8-4-3-5-9-16/h3-11,28H,12-15H2,1-2H3/t22-,23?,24-/m1/s1. The van der Waals surface area contributed by atoms with Crippen LogP contribution in [-0.2, 0) is 33.3 Å². The molecule has 1 N–H and O–H groups in total. The Kier molecular flexibility index (Phi) is 4.40. The van der Waals surface area contributed by atoms with E-state index in [1.807, 2.05) is 49.5 Å². The highest BCUT2D eigenvalue weighted by molar-refractivity contribution is 9.09. The van der Waals surface area contributed by atoms with Crippen molar-refractivity contribution in [3.8, 4) is 0 Å². The third kappa shape index (κ3) is 2.33. The fourth-order valence-electron chi connectivity index (χ4n) is 5.80. The van der Waals surface area contributed by atoms with E-state index in [9.17, 15) is 9.90 Å². The number of fused-ring (bicyclic) bond motifs is 5. The molecule has 5 nitrogen and oxygen atoms in total. The lowest BCUT2D eigenvalue weighted by molar-refractivity contribution is -0.210. The molecule has 30 heavy (non-hydrogen) atoms. The van der Waals surface area contributed by atoms with Crippen LogP contribution in [0.1, 0.15) is 29.7 Å². The van der Waals surface area contributed by atoms with Crippen LogP contribution >= 0.6 is 15.9 Å². The molecule has 0 radical (unpaired) electrons. The first-order valence-corrected chi connectivity index (χ1v) is 11.2. The van der Waals surface area contributed by atoms with E-state index >= 15 is 0 Å². The number of aryl methyl sites for hydroxylation is 2. The molecular formula is C24H24BrNO4. The van der Waals surface area contributed by atoms with Gasteiger partial charge in [0.15, 0.2) is 11.4 Å². The molecule has 3 atom stereocenters. The molecule has 156 valence electrons. The summed E-state index contributed by atoms with van der Waals surface area (Å²) in [5.41, 5.74) is 1.81. The van der Waals surface area contributed by atoms with Gasteiger partial charge in [-0.2, -0.15) is 0 Å². The minimum absolute atomic E-state index is 0.160. The maximum Gasteiger partial charge on any atom is 0.315 e. The molecule has 2 heterocycles. The van der Waals surface area contributed by atoms with Crippen LogP contribution in [-0.4, -0.2) is 33.9 Å². The Balaban J connectivity index is 1.94. The smallest absolute Gasteiger partial charge is 0.315 e. The number of rotatable bonds is 3. The van der Waals surface area contributed by atoms with Gasteiger partial charge in [0.2, 0.25) is 0 Å². The average Bonchev–Trinajstić information content (AvgIpc) is 3.24. The maximum atomic E-state index is 13.5. The Labute approximate surface area is 183 Å². The summed E-state index contributed by atoms with van der Waals surface area (Å²) in [7, 11) is 3.42. The molecule has 3 aromatic rings. The van der Waals surface area contributed by atoms with Gasteiger partial charge >= 0.3 is 5.97 Å². The number of methoxy groups -OCH3 is 1. The second kappa shape index (κ2) is 6.67. The predicted octanol–water partition coefficient (Wildman–Crippen LogP) is 4.03. The zero-order chi connectivity index (χ0) is 21.1. The van der Waals surface area contributed by atoms with Gasteiger partial charge in [0.1, 0.15) is 5.41 Å². The molecule has 2 aliphatic rings. The number of para-hydroxylation sites is 1. The Hall–Kier alpha value is -2.15. The van der Waals surface area contributed by atoms with Crippen molar-refractivity contribution in [3.05, 3.63) is 71.4 Å². The zero-order valence-electron chi connectivity index (χ0n) is 17.0. The van der Waals surface area contributed by atoms with E-state index in [4.69, 9.17) is 9.47 Å². The third-order valence-corrected chi connectivity index (χ3v) is 7.78. The molecule has 1 saturated heterocycles. The molecule has 0 bridgehead atoms. The van der Waals surface area contributed by atoms with Gasteiger partial charge in [0, 0.05) is 24.4 Å². The van der Waals surface area contributed by atoms with E-state index in [-0.39, 0.29) is 17.7 Å². The van der Waals surface area contributed by atoms with Crippen LogP contribution in [0.4, 0.5) is 0 Å². The number of ether oxygens (including phenoxy) is 2. The van der Waals surface area contributed by atoms with Crippen LogP contribution in [0.15, 0.2) is 54.6 Å². The van der Waals surface area contributed by atoms with Crippen molar-refractivity contribution in [1.29, 1.82) is 0 Å². The van der Waals surface area contributed by atoms with Gasteiger partial charge in [-0.15, -0.1) is 0 Å². The molecule has 1 aliphatic heterocycles. The molecule has 6 heteroatoms. The van der Waals surface area contributed by atoms with Crippen LogP contribution in [0, 0.1) is 5.41 Å². The molecule has 0 saturated carbocycles. The lowest BCUT2D eigenvalue weighted by Crippen LogP contribution is -2.53. The highest BCUT2D eigenvalue weighted by Gasteiger charge is 2.72. The van der Waals surface area contributed by atoms with Crippen molar-refractivity contribution in [3.63, 3.8) is 0 Å². The molecule has 0 amide bonds. The van der Waals surface area contributed by atoms with Gasteiger partial charge in [-0.25, -0.2) is 0 Å². The van der Waals surface area contributed by atoms with Gasteiger partial charge in [-0.1, -0.05) is 64.5 Å². The van der Waals surface area contributed by atoms with E-state index in [2.05, 4.69) is 32.6 Å². The molecule has 1 aliphatic carbocycles. The predicted molar refractivity (Wildman–Crippen MR) is 117 cm³/mol. The molecule has 1 fully saturated rings. The SMILES string of the molecule is COC(=O)[C@]12CCc3c(n(C)c4ccccc34)[C@@]1(c1ccccc1)OC(O)(CBr)C2. The van der Waals surface area contributed by atoms with Crippen LogP contribution < -0.4 is 0 Å². The van der Waals surface area contributed by atoms with Crippen molar-refractivity contribution < 1.29 is 19.4 Å². The number of alkyl halides is 1. The number of hydrogen-bond donors (Lipinski definition) is 1. The van der Waals surface area contributed by atoms with Crippen LogP contribution in [0.25, 0.3) is 10.9 Å². The van der Waals surface area contributed by atoms with Crippen molar-refractivity contribution in [2.75, 3.05) is 12.4 Å². The summed E-state index contributed by atoms with van der Waals surface area (Å²) < 4.78 is 14.1. The number of hydrogen-bond acceptors (Lipinski definition) is 4. The highest BCUT2D eigenvalue weighted by atomic mass is 79.9. The van der Waals surface area contributed by atoms with Crippen molar-refractivity contribution in [2.24, 2.45) is 12.5 Å². The van der Waals surface area contributed by atoms with E-state index in [0.29, 0.717) is 12.8 Å². The average molecular weight is 470 g/mol. The number of benzene rings is 2. The monoisotopic (exact) mass is 469 g/mol. The van der Waals surface area contributed by atoms with E-state index < -0.39 is 16.8 Å². The Bertz CT molecular complexity index is 1140. The number of carbonyl (C=O) groups excluding carboxylic acids is 1. The molecule has 2 aromatic carbocycles. The largest absolute Gasteiger partial charge is 0.468 e. The summed E-state index contributed by atoms with van der Waals surface area (Å²) in [6.45, 7) is 0. The summed E-state index contributed by atoms with van der Waals surface area (Å²) >= 11 is 3.42. The van der Waals surface area contributed by atoms with Gasteiger partial charge < -0.3 is 19.1 Å². The van der Waals surface area contributed by atoms with Gasteiger partial charge in [0.25, 0.3) is 0 Å². The quantitative estimate of drug-likeness (QED) is 0.464. The van der Waals surface area contributed by atoms with Crippen molar-refractivity contribution in [1.82, 2.24) is 4.57 Å². The first-order valence-electron chi connectivity index (χ1n) is 10.1. The maximum absolute atomic E-state index is 13.5. The number of esters is 1. The highest BCUT2D eigenvalue weighted by Crippen LogP contribution is 2.65. The van der Waals surface area contributed by atoms with Crippen molar-refractivity contribution in [2.45, 2.75) is 30.7 Å². The number of carbonyl (C=O) groups is 1. The normalized spacial score (nSPS) is 30.1. The molecule has 5 rings (SSSR count). The lowest BCUT2D eigenvalue weighted by Gasteiger charge is -2.46. The fraction of sp³-hybridized carbons (Fsp3) is 0.375. The van der Waals surface area contributed by atoms with Crippen LogP contribution in [0.3, 0.4) is 0 Å². The van der Waals surface area contributed by atoms with Crippen LogP contribution in [0.2, 0.25) is 0 Å². The van der Waals surface area contributed by atoms with Crippen LogP contribution in [0.5, 0.6) is 0 Å². The number of aliphatic hydroxyl groups is 1. The van der Waals surface area contributed by atoms with E-state index in [0.717, 1.165) is 27.7 Å². The van der Waals surface area contributed by atoms with Gasteiger partial charge in [-0.3, -0.25) is 4.79 Å². The summed E-state index contributed by atoms with van der Waals surface area (Å²) in [5, 5.41) is 12.7. The first kappa shape index (κ1) is 19.8. The second-order valence-electron chi connectivity index (χ2n) is 8.38. The van der Waals surface area contributed by atoms with Crippen molar-refractivity contribution >= 4 is 32.8 Å². The third-order valence-electron chi connectivity index (χ3n) is 6.91. The minimum Gasteiger partial charge on any atom is -0.468 e. The molecule has 1 unspecified atom stereocenters. The number of aromatic nitrogens is 1. The summed E-state index contributed by atoms with van der Waals surface area (Å²) in [4.78, 5) is 13.5. The zero-order valence-corrected chi connectivity index (χ0v) is 18.6. The Morgan fingerprint density at radius 2 is 1.90 bits per heavy atom. The Morgan fingerprint density at radius 3 is 2.60 bits per heavy atom. The number of halogens is 1. The summed E-state index contributed by atoms with van der Waals surface area (Å²) in [6.07, 6.45) is 1.40. The minimum atomic E-state index is -1.50. The summed E-state index contributed by atoms with van der Waals surface area (Å²) in [6, 6.07) is 18.0. The molecular weight excluding hydrogens is 446 g/mol. The second-order valence-corrected chi connectivity index (χ2v) is 8.94. The van der Waals surface area contributed by atoms with E-state index in [1.165, 1.54) is 7.11 Å². The lowest BCUT2D eigenvalue weighted by atomic mass is 9.59. The first-order chi connectivity index (χ1) is 14.4. The topological polar surface area (TPSA) is 60.7 Å². The Morgan fingerprint density at radius 1 is 1.20 bits per heavy atom. The summed E-state index contributed by atoms with van der Waals surface area (Å²) in [5.74, 6) is -1.85. The van der Waals surface area contributed by atoms with E-state index in [1.54, 1.807) is 0 Å². The van der Waals surface area contributed by atoms with Gasteiger partial charge in [-0.05, 0) is 30.0 Å². The fourth-order valence-corrected chi connectivity index (χ4v) is 6.11. The molecule has 1 aromatic heterocycles. The molecule has 0 spiro atoms. The van der Waals surface area contributed by atoms with Gasteiger partial charge in [0.05, 0.1) is 18.1 Å². The number of nitrogens with zero attached hydrogens (tertiary/aromatic N) is 1.